The summed E-state index contributed by atoms with van der Waals surface area (Å²) in [6.07, 6.45) is 0. The Morgan fingerprint density at radius 3 is 2.62 bits per heavy atom. The van der Waals surface area contributed by atoms with Crippen molar-refractivity contribution in [2.75, 3.05) is 11.9 Å². The third kappa shape index (κ3) is 4.15. The van der Waals surface area contributed by atoms with Gasteiger partial charge in [-0.1, -0.05) is 35.5 Å². The number of nitrogens with one attached hydrogen (secondary N) is 2. The molecule has 0 saturated heterocycles. The Balaban J connectivity index is 1.93. The highest BCUT2D eigenvalue weighted by Crippen LogP contribution is 2.12. The van der Waals surface area contributed by atoms with Gasteiger partial charge in [0.15, 0.2) is 0 Å². The number of carbonyl (C=O) groups is 2. The minimum atomic E-state index is -1.05. The lowest BCUT2D eigenvalue weighted by Gasteiger charge is -2.14. The smallest absolute Gasteiger partial charge is 0.325 e. The maximum absolute atomic E-state index is 11.7. The maximum Gasteiger partial charge on any atom is 0.325 e. The molecule has 2 rings (SSSR count). The van der Waals surface area contributed by atoms with Gasteiger partial charge in [-0.25, -0.2) is 0 Å². The molecular weight excluding hydrogens is 274 g/mol. The van der Waals surface area contributed by atoms with Crippen LogP contribution in [-0.4, -0.2) is 28.7 Å². The molecule has 0 bridgehead atoms. The summed E-state index contributed by atoms with van der Waals surface area (Å²) in [6.45, 7) is 1.57. The molecule has 3 N–H and O–H groups in total. The number of nitrogens with zero attached hydrogens (tertiary/aromatic N) is 1. The Hall–Kier alpha value is -2.67. The van der Waals surface area contributed by atoms with Crippen LogP contribution < -0.4 is 10.6 Å². The normalized spacial score (nSPS) is 11.9. The largest absolute Gasteiger partial charge is 0.480 e. The summed E-state index contributed by atoms with van der Waals surface area (Å²) in [5.41, 5.74) is 1.22. The number of hydrogen-bond donors (Lipinski definition) is 3. The Labute approximate surface area is 120 Å². The molecule has 7 heteroatoms. The molecule has 1 unspecified atom stereocenters. The number of amides is 1. The van der Waals surface area contributed by atoms with Crippen molar-refractivity contribution in [3.05, 3.63) is 47.7 Å². The van der Waals surface area contributed by atoms with Gasteiger partial charge in [-0.15, -0.1) is 0 Å². The first-order chi connectivity index (χ1) is 10.1. The van der Waals surface area contributed by atoms with Gasteiger partial charge >= 0.3 is 5.97 Å². The van der Waals surface area contributed by atoms with Crippen LogP contribution >= 0.6 is 0 Å². The standard InChI is InChI=1S/C14H15N3O4/c1-9-7-12(21-17-9)16-11(18)8-15-13(14(19)20)10-5-3-2-4-6-10/h2-7,13,15H,8H2,1H3,(H,16,18)(H,19,20). The Kier molecular flexibility index (Phi) is 4.68. The molecule has 1 heterocycles. The zero-order chi connectivity index (χ0) is 15.2. The molecule has 0 aliphatic rings. The summed E-state index contributed by atoms with van der Waals surface area (Å²) in [7, 11) is 0. The van der Waals surface area contributed by atoms with Crippen molar-refractivity contribution in [2.24, 2.45) is 0 Å². The summed E-state index contributed by atoms with van der Waals surface area (Å²) in [5, 5.41) is 18.0. The number of aryl methyl sites for hydroxylation is 1. The number of carbonyl (C=O) groups excluding carboxylic acids is 1. The fraction of sp³-hybridized carbons (Fsp3) is 0.214. The molecule has 7 nitrogen and oxygen atoms in total. The summed E-state index contributed by atoms with van der Waals surface area (Å²) < 4.78 is 4.85. The number of carboxylic acid groups (broad SMARTS) is 1. The summed E-state index contributed by atoms with van der Waals surface area (Å²) in [6, 6.07) is 9.26. The van der Waals surface area contributed by atoms with Crippen LogP contribution in [0.5, 0.6) is 0 Å². The van der Waals surface area contributed by atoms with Crippen molar-refractivity contribution in [2.45, 2.75) is 13.0 Å². The van der Waals surface area contributed by atoms with Crippen molar-refractivity contribution in [3.63, 3.8) is 0 Å². The molecule has 1 aromatic heterocycles. The van der Waals surface area contributed by atoms with Crippen LogP contribution in [0.15, 0.2) is 40.9 Å². The van der Waals surface area contributed by atoms with Crippen LogP contribution in [0.3, 0.4) is 0 Å². The number of aliphatic carboxylic acids is 1. The average molecular weight is 289 g/mol. The van der Waals surface area contributed by atoms with Crippen LogP contribution in [0.2, 0.25) is 0 Å². The third-order valence-corrected chi connectivity index (χ3v) is 2.74. The van der Waals surface area contributed by atoms with E-state index in [-0.39, 0.29) is 12.4 Å². The number of benzene rings is 1. The predicted octanol–water partition coefficient (Wildman–Crippen LogP) is 1.34. The molecule has 0 aliphatic carbocycles. The van der Waals surface area contributed by atoms with Crippen LogP contribution in [0.25, 0.3) is 0 Å². The van der Waals surface area contributed by atoms with Crippen molar-refractivity contribution in [3.8, 4) is 0 Å². The van der Waals surface area contributed by atoms with E-state index in [4.69, 9.17) is 4.52 Å². The van der Waals surface area contributed by atoms with Gasteiger partial charge in [-0.3, -0.25) is 20.2 Å². The van der Waals surface area contributed by atoms with Crippen molar-refractivity contribution >= 4 is 17.8 Å². The Bertz CT molecular complexity index is 624. The van der Waals surface area contributed by atoms with Gasteiger partial charge in [-0.05, 0) is 12.5 Å². The molecule has 21 heavy (non-hydrogen) atoms. The van der Waals surface area contributed by atoms with Gasteiger partial charge in [-0.2, -0.15) is 0 Å². The first-order valence-electron chi connectivity index (χ1n) is 6.30. The highest BCUT2D eigenvalue weighted by molar-refractivity contribution is 5.91. The molecule has 1 aromatic carbocycles. The van der Waals surface area contributed by atoms with E-state index in [0.717, 1.165) is 0 Å². The van der Waals surface area contributed by atoms with E-state index in [9.17, 15) is 14.7 Å². The highest BCUT2D eigenvalue weighted by Gasteiger charge is 2.20. The minimum absolute atomic E-state index is 0.161. The van der Waals surface area contributed by atoms with Crippen molar-refractivity contribution in [1.29, 1.82) is 0 Å². The summed E-state index contributed by atoms with van der Waals surface area (Å²) in [4.78, 5) is 23.0. The van der Waals surface area contributed by atoms with E-state index in [1.807, 2.05) is 0 Å². The van der Waals surface area contributed by atoms with Crippen LogP contribution in [0.1, 0.15) is 17.3 Å². The first-order valence-corrected chi connectivity index (χ1v) is 6.30. The van der Waals surface area contributed by atoms with E-state index in [2.05, 4.69) is 15.8 Å². The summed E-state index contributed by atoms with van der Waals surface area (Å²) >= 11 is 0. The predicted molar refractivity (Wildman–Crippen MR) is 74.7 cm³/mol. The fourth-order valence-corrected chi connectivity index (χ4v) is 1.79. The van der Waals surface area contributed by atoms with Gasteiger partial charge in [0.1, 0.15) is 6.04 Å². The maximum atomic E-state index is 11.7. The zero-order valence-corrected chi connectivity index (χ0v) is 11.4. The van der Waals surface area contributed by atoms with E-state index >= 15 is 0 Å². The van der Waals surface area contributed by atoms with Gasteiger partial charge in [0.2, 0.25) is 11.8 Å². The number of anilines is 1. The number of hydrogen-bond acceptors (Lipinski definition) is 5. The van der Waals surface area contributed by atoms with E-state index in [0.29, 0.717) is 11.3 Å². The SMILES string of the molecule is Cc1cc(NC(=O)CNC(C(=O)O)c2ccccc2)on1. The Morgan fingerprint density at radius 2 is 2.05 bits per heavy atom. The first kappa shape index (κ1) is 14.7. The fourth-order valence-electron chi connectivity index (χ4n) is 1.79. The number of carboxylic acids is 1. The lowest BCUT2D eigenvalue weighted by Crippen LogP contribution is -2.35. The Morgan fingerprint density at radius 1 is 1.33 bits per heavy atom. The van der Waals surface area contributed by atoms with Crippen molar-refractivity contribution < 1.29 is 19.2 Å². The van der Waals surface area contributed by atoms with Crippen LogP contribution in [0.4, 0.5) is 5.88 Å². The zero-order valence-electron chi connectivity index (χ0n) is 11.4. The molecule has 110 valence electrons. The molecule has 0 spiro atoms. The lowest BCUT2D eigenvalue weighted by atomic mass is 10.1. The minimum Gasteiger partial charge on any atom is -0.480 e. The second kappa shape index (κ2) is 6.67. The molecule has 1 atom stereocenters. The van der Waals surface area contributed by atoms with Crippen LogP contribution in [-0.2, 0) is 9.59 Å². The lowest BCUT2D eigenvalue weighted by molar-refractivity contribution is -0.139. The second-order valence-corrected chi connectivity index (χ2v) is 4.44. The van der Waals surface area contributed by atoms with Gasteiger partial charge < -0.3 is 9.63 Å². The molecular formula is C14H15N3O4. The number of aromatic nitrogens is 1. The van der Waals surface area contributed by atoms with E-state index < -0.39 is 17.9 Å². The van der Waals surface area contributed by atoms with Gasteiger partial charge in [0, 0.05) is 6.07 Å². The average Bonchev–Trinajstić information content (AvgIpc) is 2.85. The number of rotatable bonds is 6. The molecule has 0 fully saturated rings. The topological polar surface area (TPSA) is 104 Å². The van der Waals surface area contributed by atoms with Crippen LogP contribution in [0, 0.1) is 6.92 Å². The molecule has 0 saturated carbocycles. The molecule has 1 amide bonds. The van der Waals surface area contributed by atoms with Gasteiger partial charge in [0.25, 0.3) is 0 Å². The van der Waals surface area contributed by atoms with E-state index in [1.165, 1.54) is 0 Å². The summed E-state index contributed by atoms with van der Waals surface area (Å²) in [5.74, 6) is -1.23. The van der Waals surface area contributed by atoms with Gasteiger partial charge in [0.05, 0.1) is 12.2 Å². The molecule has 0 radical (unpaired) electrons. The quantitative estimate of drug-likeness (QED) is 0.741. The highest BCUT2D eigenvalue weighted by atomic mass is 16.5. The third-order valence-electron chi connectivity index (χ3n) is 2.74. The van der Waals surface area contributed by atoms with E-state index in [1.54, 1.807) is 43.3 Å². The monoisotopic (exact) mass is 289 g/mol. The molecule has 0 aliphatic heterocycles. The second-order valence-electron chi connectivity index (χ2n) is 4.44. The van der Waals surface area contributed by atoms with Crippen molar-refractivity contribution in [1.82, 2.24) is 10.5 Å². The molecule has 2 aromatic rings.